The van der Waals surface area contributed by atoms with Gasteiger partial charge in [-0.25, -0.2) is 0 Å². The predicted octanol–water partition coefficient (Wildman–Crippen LogP) is 2.06. The van der Waals surface area contributed by atoms with E-state index in [1.165, 1.54) is 0 Å². The molecule has 1 aromatic carbocycles. The molecular weight excluding hydrogens is 218 g/mol. The Kier molecular flexibility index (Phi) is 5.19. The van der Waals surface area contributed by atoms with Gasteiger partial charge >= 0.3 is 0 Å². The van der Waals surface area contributed by atoms with Crippen molar-refractivity contribution in [3.05, 3.63) is 20.4 Å². The Bertz CT molecular complexity index is 414. The van der Waals surface area contributed by atoms with Crippen LogP contribution >= 0.6 is 0 Å². The van der Waals surface area contributed by atoms with Gasteiger partial charge in [-0.3, -0.25) is 9.59 Å². The molecule has 4 heteroatoms. The number of hydrogen-bond acceptors (Lipinski definition) is 4. The molecule has 4 nitrogen and oxygen atoms in total. The fourth-order valence-corrected chi connectivity index (χ4v) is 1.66. The van der Waals surface area contributed by atoms with Crippen LogP contribution in [-0.2, 0) is 0 Å². The van der Waals surface area contributed by atoms with Crippen molar-refractivity contribution in [2.75, 3.05) is 11.9 Å². The van der Waals surface area contributed by atoms with Crippen LogP contribution in [0.25, 0.3) is 0 Å². The Morgan fingerprint density at radius 1 is 1.12 bits per heavy atom. The van der Waals surface area contributed by atoms with Crippen LogP contribution < -0.4 is 20.9 Å². The third kappa shape index (κ3) is 3.08. The van der Waals surface area contributed by atoms with Crippen molar-refractivity contribution < 1.29 is 4.74 Å². The van der Waals surface area contributed by atoms with Crippen LogP contribution in [0.15, 0.2) is 9.59 Å². The summed E-state index contributed by atoms with van der Waals surface area (Å²) >= 11 is 0. The third-order valence-corrected chi connectivity index (χ3v) is 2.94. The highest BCUT2D eigenvalue weighted by Crippen LogP contribution is 2.20. The van der Waals surface area contributed by atoms with Gasteiger partial charge in [0.15, 0.2) is 5.75 Å². The van der Waals surface area contributed by atoms with Crippen molar-refractivity contribution in [2.45, 2.75) is 52.5 Å². The van der Waals surface area contributed by atoms with Crippen LogP contribution in [0, 0.1) is 0 Å². The van der Waals surface area contributed by atoms with E-state index >= 15 is 0 Å². The second-order valence-electron chi connectivity index (χ2n) is 4.22. The van der Waals surface area contributed by atoms with Crippen LogP contribution in [0.5, 0.6) is 5.75 Å². The highest BCUT2D eigenvalue weighted by atomic mass is 16.5. The summed E-state index contributed by atoms with van der Waals surface area (Å²) in [6, 6.07) is 0.229. The van der Waals surface area contributed by atoms with Gasteiger partial charge in [-0.2, -0.15) is 0 Å². The van der Waals surface area contributed by atoms with E-state index in [9.17, 15) is 9.59 Å². The van der Waals surface area contributed by atoms with E-state index < -0.39 is 10.9 Å². The number of unbranched alkanes of at least 4 members (excludes halogenated alkanes) is 1. The van der Waals surface area contributed by atoms with E-state index in [1.54, 1.807) is 0 Å². The second-order valence-corrected chi connectivity index (χ2v) is 4.22. The first kappa shape index (κ1) is 13.7. The van der Waals surface area contributed by atoms with E-state index in [-0.39, 0.29) is 11.8 Å². The predicted molar refractivity (Wildman–Crippen MR) is 69.7 cm³/mol. The van der Waals surface area contributed by atoms with Gasteiger partial charge in [-0.05, 0) is 19.3 Å². The topological polar surface area (TPSA) is 55.4 Å². The Morgan fingerprint density at radius 2 is 1.76 bits per heavy atom. The molecule has 0 saturated heterocycles. The van der Waals surface area contributed by atoms with Crippen LogP contribution in [0.4, 0.5) is 5.69 Å². The van der Waals surface area contributed by atoms with Gasteiger partial charge < -0.3 is 10.1 Å². The summed E-state index contributed by atoms with van der Waals surface area (Å²) in [6.45, 7) is 6.64. The molecule has 0 unspecified atom stereocenters. The summed E-state index contributed by atoms with van der Waals surface area (Å²) in [4.78, 5) is 22.8. The lowest BCUT2D eigenvalue weighted by Crippen LogP contribution is -2.38. The molecule has 0 bridgehead atoms. The van der Waals surface area contributed by atoms with Crippen LogP contribution in [-0.4, -0.2) is 12.6 Å². The summed E-state index contributed by atoms with van der Waals surface area (Å²) < 4.78 is 5.35. The fraction of sp³-hybridized carbons (Fsp3) is 0.692. The molecular formula is C13H21NO3. The van der Waals surface area contributed by atoms with Gasteiger partial charge in [0, 0.05) is 6.04 Å². The number of anilines is 1. The summed E-state index contributed by atoms with van der Waals surface area (Å²) in [7, 11) is 0. The Hall–Kier alpha value is -1.32. The van der Waals surface area contributed by atoms with Gasteiger partial charge in [0.2, 0.25) is 0 Å². The SMILES string of the molecule is CCCCOc1c(NC(CC)CC)c(=O)c1=O. The van der Waals surface area contributed by atoms with Crippen molar-refractivity contribution in [1.29, 1.82) is 0 Å². The lowest BCUT2D eigenvalue weighted by molar-refractivity contribution is 0.304. The monoisotopic (exact) mass is 239 g/mol. The molecule has 0 aromatic heterocycles. The molecule has 0 radical (unpaired) electrons. The maximum atomic E-state index is 11.4. The van der Waals surface area contributed by atoms with Crippen molar-refractivity contribution >= 4 is 5.69 Å². The molecule has 1 rings (SSSR count). The first-order chi connectivity index (χ1) is 8.15. The quantitative estimate of drug-likeness (QED) is 0.557. The van der Waals surface area contributed by atoms with E-state index in [1.807, 2.05) is 13.8 Å². The van der Waals surface area contributed by atoms with Crippen LogP contribution in [0.1, 0.15) is 46.5 Å². The molecule has 1 N–H and O–H groups in total. The molecule has 0 aliphatic rings. The van der Waals surface area contributed by atoms with Gasteiger partial charge in [0.1, 0.15) is 5.69 Å². The van der Waals surface area contributed by atoms with Crippen molar-refractivity contribution in [2.24, 2.45) is 0 Å². The van der Waals surface area contributed by atoms with Crippen LogP contribution in [0.2, 0.25) is 0 Å². The second kappa shape index (κ2) is 6.42. The van der Waals surface area contributed by atoms with Crippen molar-refractivity contribution in [3.8, 4) is 5.75 Å². The zero-order valence-electron chi connectivity index (χ0n) is 10.8. The third-order valence-electron chi connectivity index (χ3n) is 2.94. The maximum absolute atomic E-state index is 11.4. The lowest BCUT2D eigenvalue weighted by Gasteiger charge is -2.19. The molecule has 0 heterocycles. The van der Waals surface area contributed by atoms with Gasteiger partial charge in [0.25, 0.3) is 10.9 Å². The molecule has 0 fully saturated rings. The minimum Gasteiger partial charge on any atom is -0.487 e. The largest absolute Gasteiger partial charge is 0.487 e. The van der Waals surface area contributed by atoms with E-state index in [2.05, 4.69) is 12.2 Å². The van der Waals surface area contributed by atoms with E-state index in [0.717, 1.165) is 25.7 Å². The van der Waals surface area contributed by atoms with Crippen LogP contribution in [0.3, 0.4) is 0 Å². The van der Waals surface area contributed by atoms with Gasteiger partial charge in [0.05, 0.1) is 6.61 Å². The highest BCUT2D eigenvalue weighted by molar-refractivity contribution is 5.62. The average molecular weight is 239 g/mol. The summed E-state index contributed by atoms with van der Waals surface area (Å²) in [6.07, 6.45) is 3.74. The molecule has 1 aromatic rings. The Labute approximate surface area is 102 Å². The maximum Gasteiger partial charge on any atom is 0.272 e. The van der Waals surface area contributed by atoms with E-state index in [0.29, 0.717) is 12.3 Å². The highest BCUT2D eigenvalue weighted by Gasteiger charge is 2.23. The molecule has 0 aliphatic carbocycles. The normalized spacial score (nSPS) is 11.1. The lowest BCUT2D eigenvalue weighted by atomic mass is 10.1. The molecule has 0 atom stereocenters. The molecule has 0 spiro atoms. The minimum absolute atomic E-state index is 0.229. The van der Waals surface area contributed by atoms with Gasteiger partial charge in [-0.1, -0.05) is 27.2 Å². The fourth-order valence-electron chi connectivity index (χ4n) is 1.66. The average Bonchev–Trinajstić information content (AvgIpc) is 2.36. The van der Waals surface area contributed by atoms with Gasteiger partial charge in [-0.15, -0.1) is 0 Å². The zero-order chi connectivity index (χ0) is 12.8. The smallest absolute Gasteiger partial charge is 0.272 e. The summed E-state index contributed by atoms with van der Waals surface area (Å²) in [5.41, 5.74) is -0.558. The molecule has 17 heavy (non-hydrogen) atoms. The Balaban J connectivity index is 2.68. The molecule has 0 aliphatic heterocycles. The first-order valence-corrected chi connectivity index (χ1v) is 6.38. The van der Waals surface area contributed by atoms with E-state index in [4.69, 9.17) is 4.74 Å². The van der Waals surface area contributed by atoms with Crippen molar-refractivity contribution in [1.82, 2.24) is 0 Å². The number of nitrogens with one attached hydrogen (secondary N) is 1. The Morgan fingerprint density at radius 3 is 2.29 bits per heavy atom. The first-order valence-electron chi connectivity index (χ1n) is 6.38. The summed E-state index contributed by atoms with van der Waals surface area (Å²) in [5.74, 6) is 0.232. The standard InChI is InChI=1S/C13H21NO3/c1-4-7-8-17-13-10(11(15)12(13)16)14-9(5-2)6-3/h9,14H,4-8H2,1-3H3. The molecule has 96 valence electrons. The zero-order valence-corrected chi connectivity index (χ0v) is 10.8. The summed E-state index contributed by atoms with van der Waals surface area (Å²) in [5, 5.41) is 3.09. The number of rotatable bonds is 8. The van der Waals surface area contributed by atoms with Crippen molar-refractivity contribution in [3.63, 3.8) is 0 Å². The molecule has 0 saturated carbocycles. The number of ether oxygens (including phenoxy) is 1. The minimum atomic E-state index is -0.491. The molecule has 0 amide bonds. The number of hydrogen-bond donors (Lipinski definition) is 1.